The summed E-state index contributed by atoms with van der Waals surface area (Å²) < 4.78 is 11.5. The average Bonchev–Trinajstić information content (AvgIpc) is 3.68. The molecule has 0 spiro atoms. The molecule has 0 aliphatic rings. The Bertz CT molecular complexity index is 1970. The number of hydrogen-bond acceptors (Lipinski definition) is 0. The number of aromatic nitrogens is 3. The zero-order valence-corrected chi connectivity index (χ0v) is 33.5. The lowest BCUT2D eigenvalue weighted by Gasteiger charge is -2.13. The van der Waals surface area contributed by atoms with Crippen molar-refractivity contribution in [3.05, 3.63) is 68.0 Å². The van der Waals surface area contributed by atoms with Crippen LogP contribution >= 0.6 is 47.8 Å². The summed E-state index contributed by atoms with van der Waals surface area (Å²) in [6.07, 6.45) is 14.9. The molecule has 0 aliphatic heterocycles. The van der Waals surface area contributed by atoms with Crippen molar-refractivity contribution in [1.29, 1.82) is 0 Å². The lowest BCUT2D eigenvalue weighted by Crippen LogP contribution is -2.01. The van der Waals surface area contributed by atoms with E-state index >= 15 is 0 Å². The highest BCUT2D eigenvalue weighted by molar-refractivity contribution is 9.11. The maximum absolute atomic E-state index is 3.90. The van der Waals surface area contributed by atoms with Crippen LogP contribution in [0.2, 0.25) is 0 Å². The van der Waals surface area contributed by atoms with E-state index < -0.39 is 0 Å². The summed E-state index contributed by atoms with van der Waals surface area (Å²) in [4.78, 5) is 0. The number of aryl methyl sites for hydroxylation is 3. The second-order valence-electron chi connectivity index (χ2n) is 13.8. The topological polar surface area (TPSA) is 14.8 Å². The van der Waals surface area contributed by atoms with Crippen molar-refractivity contribution in [3.63, 3.8) is 0 Å². The zero-order valence-electron chi connectivity index (χ0n) is 28.8. The Kier molecular flexibility index (Phi) is 10.6. The molecule has 0 atom stereocenters. The molecule has 3 heterocycles. The SMILES string of the molecule is CCCCCCn1c2ccc(Br)cc2c2c1c1c3cc(Br)ccc3n(CCCCCC)c1c1c3cc(Br)ccc3n(CCCCCC)c21. The van der Waals surface area contributed by atoms with Gasteiger partial charge in [0, 0.05) is 81.9 Å². The van der Waals surface area contributed by atoms with Gasteiger partial charge in [-0.25, -0.2) is 0 Å². The standard InChI is InChI=1S/C42H48Br3N3/c1-4-7-10-13-22-46-34-19-16-28(43)25-31(34)37-40(46)38-32-26-29(44)17-20-35(32)47(23-14-11-8-5-2)42(38)39-33-27-30(45)18-21-36(33)48(41(37)39)24-15-12-9-6-3/h16-21,25-27H,4-15,22-24H2,1-3H3. The lowest BCUT2D eigenvalue weighted by molar-refractivity contribution is 0.600. The van der Waals surface area contributed by atoms with Crippen LogP contribution in [0.3, 0.4) is 0 Å². The van der Waals surface area contributed by atoms with Crippen LogP contribution in [0.25, 0.3) is 65.4 Å². The van der Waals surface area contributed by atoms with E-state index in [4.69, 9.17) is 0 Å². The van der Waals surface area contributed by atoms with E-state index in [-0.39, 0.29) is 0 Å². The molecule has 0 unspecified atom stereocenters. The molecule has 0 aliphatic carbocycles. The first kappa shape index (κ1) is 34.2. The minimum Gasteiger partial charge on any atom is -0.340 e. The zero-order chi connectivity index (χ0) is 33.4. The van der Waals surface area contributed by atoms with Gasteiger partial charge >= 0.3 is 0 Å². The average molecular weight is 835 g/mol. The smallest absolute Gasteiger partial charge is 0.0614 e. The second kappa shape index (κ2) is 14.9. The van der Waals surface area contributed by atoms with E-state index in [0.29, 0.717) is 0 Å². The first-order valence-corrected chi connectivity index (χ1v) is 20.8. The Morgan fingerprint density at radius 1 is 0.396 bits per heavy atom. The second-order valence-corrected chi connectivity index (χ2v) is 16.5. The number of benzene rings is 4. The van der Waals surface area contributed by atoms with Crippen molar-refractivity contribution in [2.75, 3.05) is 0 Å². The molecule has 7 aromatic rings. The summed E-state index contributed by atoms with van der Waals surface area (Å²) in [5, 5.41) is 8.32. The van der Waals surface area contributed by atoms with Crippen LogP contribution in [0.4, 0.5) is 0 Å². The van der Waals surface area contributed by atoms with Crippen molar-refractivity contribution in [2.24, 2.45) is 0 Å². The molecule has 0 fully saturated rings. The van der Waals surface area contributed by atoms with Gasteiger partial charge in [-0.1, -0.05) is 126 Å². The van der Waals surface area contributed by atoms with Crippen LogP contribution in [0.1, 0.15) is 97.8 Å². The van der Waals surface area contributed by atoms with Gasteiger partial charge in [0.25, 0.3) is 0 Å². The summed E-state index contributed by atoms with van der Waals surface area (Å²) in [6.45, 7) is 10.0. The van der Waals surface area contributed by atoms with Crippen molar-refractivity contribution >= 4 is 113 Å². The van der Waals surface area contributed by atoms with Gasteiger partial charge in [-0.05, 0) is 73.9 Å². The Hall–Kier alpha value is -2.28. The Morgan fingerprint density at radius 3 is 0.958 bits per heavy atom. The van der Waals surface area contributed by atoms with Crippen molar-refractivity contribution < 1.29 is 0 Å². The van der Waals surface area contributed by atoms with E-state index in [1.165, 1.54) is 142 Å². The van der Waals surface area contributed by atoms with Gasteiger partial charge in [0.05, 0.1) is 16.6 Å². The molecule has 0 saturated heterocycles. The van der Waals surface area contributed by atoms with E-state index in [0.717, 1.165) is 33.1 Å². The number of halogens is 3. The fraction of sp³-hybridized carbons (Fsp3) is 0.429. The van der Waals surface area contributed by atoms with Crippen molar-refractivity contribution in [2.45, 2.75) is 117 Å². The van der Waals surface area contributed by atoms with E-state index in [1.54, 1.807) is 0 Å². The molecular formula is C42H48Br3N3. The van der Waals surface area contributed by atoms with Gasteiger partial charge in [0.1, 0.15) is 0 Å². The summed E-state index contributed by atoms with van der Waals surface area (Å²) in [7, 11) is 0. The summed E-state index contributed by atoms with van der Waals surface area (Å²) in [6, 6.07) is 21.0. The van der Waals surface area contributed by atoms with Crippen LogP contribution in [-0.4, -0.2) is 13.7 Å². The first-order chi connectivity index (χ1) is 23.5. The van der Waals surface area contributed by atoms with E-state index in [1.807, 2.05) is 0 Å². The molecular weight excluding hydrogens is 786 g/mol. The third-order valence-electron chi connectivity index (χ3n) is 10.5. The fourth-order valence-corrected chi connectivity index (χ4v) is 9.35. The summed E-state index contributed by atoms with van der Waals surface area (Å²) in [5.41, 5.74) is 8.28. The molecule has 3 nitrogen and oxygen atoms in total. The number of unbranched alkanes of at least 4 members (excludes halogenated alkanes) is 9. The number of fused-ring (bicyclic) bond motifs is 12. The van der Waals surface area contributed by atoms with Crippen LogP contribution < -0.4 is 0 Å². The van der Waals surface area contributed by atoms with Crippen LogP contribution in [0.5, 0.6) is 0 Å². The molecule has 0 N–H and O–H groups in total. The van der Waals surface area contributed by atoms with Crippen LogP contribution in [-0.2, 0) is 19.6 Å². The molecule has 0 bridgehead atoms. The maximum Gasteiger partial charge on any atom is 0.0614 e. The fourth-order valence-electron chi connectivity index (χ4n) is 8.27. The Balaban J connectivity index is 1.71. The predicted octanol–water partition coefficient (Wildman–Crippen LogP) is 15.0. The molecule has 7 rings (SSSR count). The lowest BCUT2D eigenvalue weighted by atomic mass is 10.0. The molecule has 0 saturated carbocycles. The Labute approximate surface area is 310 Å². The van der Waals surface area contributed by atoms with Gasteiger partial charge in [-0.2, -0.15) is 0 Å². The van der Waals surface area contributed by atoms with E-state index in [2.05, 4.69) is 137 Å². The van der Waals surface area contributed by atoms with Gasteiger partial charge in [0.2, 0.25) is 0 Å². The molecule has 252 valence electrons. The number of hydrogen-bond donors (Lipinski definition) is 0. The highest BCUT2D eigenvalue weighted by Crippen LogP contribution is 2.49. The van der Waals surface area contributed by atoms with Crippen LogP contribution in [0, 0.1) is 0 Å². The largest absolute Gasteiger partial charge is 0.340 e. The quantitative estimate of drug-likeness (QED) is 0.0914. The van der Waals surface area contributed by atoms with Gasteiger partial charge in [-0.3, -0.25) is 0 Å². The number of nitrogens with zero attached hydrogens (tertiary/aromatic N) is 3. The molecule has 48 heavy (non-hydrogen) atoms. The number of rotatable bonds is 15. The van der Waals surface area contributed by atoms with E-state index in [9.17, 15) is 0 Å². The van der Waals surface area contributed by atoms with Gasteiger partial charge in [-0.15, -0.1) is 0 Å². The molecule has 0 radical (unpaired) electrons. The Morgan fingerprint density at radius 2 is 0.688 bits per heavy atom. The van der Waals surface area contributed by atoms with Crippen molar-refractivity contribution in [3.8, 4) is 0 Å². The van der Waals surface area contributed by atoms with Gasteiger partial charge in [0.15, 0.2) is 0 Å². The third-order valence-corrected chi connectivity index (χ3v) is 12.0. The minimum absolute atomic E-state index is 1.03. The highest BCUT2D eigenvalue weighted by Gasteiger charge is 2.27. The highest BCUT2D eigenvalue weighted by atomic mass is 79.9. The molecule has 4 aromatic carbocycles. The maximum atomic E-state index is 3.90. The molecule has 6 heteroatoms. The normalized spacial score (nSPS) is 12.4. The molecule has 3 aromatic heterocycles. The summed E-state index contributed by atoms with van der Waals surface area (Å²) >= 11 is 11.7. The predicted molar refractivity (Wildman–Crippen MR) is 221 cm³/mol. The van der Waals surface area contributed by atoms with Gasteiger partial charge < -0.3 is 13.7 Å². The summed E-state index contributed by atoms with van der Waals surface area (Å²) in [5.74, 6) is 0. The monoisotopic (exact) mass is 831 g/mol. The molecule has 0 amide bonds. The first-order valence-electron chi connectivity index (χ1n) is 18.4. The van der Waals surface area contributed by atoms with Crippen LogP contribution in [0.15, 0.2) is 68.0 Å². The van der Waals surface area contributed by atoms with Crippen molar-refractivity contribution in [1.82, 2.24) is 13.7 Å². The third kappa shape index (κ3) is 6.06. The minimum atomic E-state index is 1.03.